The third kappa shape index (κ3) is 3.60. The fraction of sp³-hybridized carbons (Fsp3) is 0.278. The zero-order valence-corrected chi connectivity index (χ0v) is 18.0. The molecule has 1 fully saturated rings. The van der Waals surface area contributed by atoms with Crippen molar-refractivity contribution in [2.45, 2.75) is 18.5 Å². The first-order chi connectivity index (χ1) is 14.5. The number of fused-ring (bicyclic) bond motifs is 1. The standard InChI is InChI=1S/C18H16ClF2N5O2S2/c1-28-18(27)12-11-6-8(25-30-22)7-26(11)16(17-23-4-5-29-17)24-15(12)9-2-3-10(20)14(21)13(9)19/h2-5,8,15,25H,6-7,22H2,1H3. The number of carbonyl (C=O) groups excluding carboxylic acids is 1. The van der Waals surface area contributed by atoms with E-state index in [-0.39, 0.29) is 17.2 Å². The molecule has 1 aromatic carbocycles. The first-order valence-corrected chi connectivity index (χ1v) is 10.9. The van der Waals surface area contributed by atoms with Gasteiger partial charge in [0.2, 0.25) is 0 Å². The van der Waals surface area contributed by atoms with Gasteiger partial charge in [-0.05, 0) is 6.07 Å². The molecule has 0 spiro atoms. The molecule has 7 nitrogen and oxygen atoms in total. The lowest BCUT2D eigenvalue weighted by molar-refractivity contribution is -0.136. The summed E-state index contributed by atoms with van der Waals surface area (Å²) in [6, 6.07) is 1.24. The van der Waals surface area contributed by atoms with Gasteiger partial charge in [0, 0.05) is 54.0 Å². The van der Waals surface area contributed by atoms with E-state index in [1.54, 1.807) is 11.6 Å². The summed E-state index contributed by atoms with van der Waals surface area (Å²) in [6.07, 6.45) is 2.10. The van der Waals surface area contributed by atoms with E-state index in [2.05, 4.69) is 9.71 Å². The molecule has 0 amide bonds. The molecule has 2 aliphatic heterocycles. The van der Waals surface area contributed by atoms with Gasteiger partial charge in [0.15, 0.2) is 22.5 Å². The SMILES string of the molecule is COC(=O)C1=C2CC(NSN)CN2C(c2nccs2)=NC1c1ccc(F)c(F)c1Cl. The van der Waals surface area contributed by atoms with Crippen LogP contribution in [-0.2, 0) is 9.53 Å². The van der Waals surface area contributed by atoms with Crippen molar-refractivity contribution in [2.75, 3.05) is 13.7 Å². The fourth-order valence-corrected chi connectivity index (χ4v) is 4.87. The number of thiazole rings is 1. The number of aliphatic imine (C=N–C) groups is 1. The van der Waals surface area contributed by atoms with Crippen LogP contribution in [0, 0.1) is 11.6 Å². The van der Waals surface area contributed by atoms with Crippen molar-refractivity contribution in [3.8, 4) is 0 Å². The van der Waals surface area contributed by atoms with Crippen LogP contribution in [-0.4, -0.2) is 41.4 Å². The molecule has 4 rings (SSSR count). The zero-order chi connectivity index (χ0) is 21.4. The van der Waals surface area contributed by atoms with Crippen LogP contribution in [0.5, 0.6) is 0 Å². The predicted molar refractivity (Wildman–Crippen MR) is 112 cm³/mol. The number of esters is 1. The van der Waals surface area contributed by atoms with E-state index in [0.717, 1.165) is 18.2 Å². The monoisotopic (exact) mass is 471 g/mol. The number of hydrogen-bond donors (Lipinski definition) is 2. The number of ether oxygens (including phenoxy) is 1. The molecule has 30 heavy (non-hydrogen) atoms. The summed E-state index contributed by atoms with van der Waals surface area (Å²) >= 11 is 8.48. The molecule has 3 heterocycles. The first-order valence-electron chi connectivity index (χ1n) is 8.77. The largest absolute Gasteiger partial charge is 0.466 e. The molecule has 0 aliphatic carbocycles. The molecular weight excluding hydrogens is 456 g/mol. The van der Waals surface area contributed by atoms with Crippen LogP contribution in [0.25, 0.3) is 0 Å². The third-order valence-corrected chi connectivity index (χ3v) is 6.51. The molecule has 0 bridgehead atoms. The Labute approximate surface area is 184 Å². The zero-order valence-electron chi connectivity index (χ0n) is 15.6. The maximum Gasteiger partial charge on any atom is 0.338 e. The fourth-order valence-electron chi connectivity index (χ4n) is 3.62. The van der Waals surface area contributed by atoms with E-state index >= 15 is 0 Å². The molecular formula is C18H16ClF2N5O2S2. The number of methoxy groups -OCH3 is 1. The average molecular weight is 472 g/mol. The Hall–Kier alpha value is -2.05. The van der Waals surface area contributed by atoms with Crippen LogP contribution in [0.15, 0.2) is 40.0 Å². The van der Waals surface area contributed by atoms with E-state index < -0.39 is 28.7 Å². The highest BCUT2D eigenvalue weighted by Gasteiger charge is 2.42. The Morgan fingerprint density at radius 1 is 1.47 bits per heavy atom. The number of nitrogens with zero attached hydrogens (tertiary/aromatic N) is 3. The van der Waals surface area contributed by atoms with Gasteiger partial charge in [-0.2, -0.15) is 0 Å². The summed E-state index contributed by atoms with van der Waals surface area (Å²) in [7, 11) is 1.25. The third-order valence-electron chi connectivity index (χ3n) is 4.88. The normalized spacial score (nSPS) is 21.0. The van der Waals surface area contributed by atoms with Crippen molar-refractivity contribution in [1.82, 2.24) is 14.6 Å². The second-order valence-electron chi connectivity index (χ2n) is 6.56. The van der Waals surface area contributed by atoms with Crippen LogP contribution < -0.4 is 9.86 Å². The van der Waals surface area contributed by atoms with Crippen molar-refractivity contribution in [3.05, 3.63) is 62.2 Å². The Bertz CT molecular complexity index is 1050. The Morgan fingerprint density at radius 2 is 2.27 bits per heavy atom. The molecule has 158 valence electrons. The van der Waals surface area contributed by atoms with Crippen molar-refractivity contribution >= 4 is 46.9 Å². The molecule has 0 radical (unpaired) electrons. The number of carbonyl (C=O) groups is 1. The molecule has 2 aliphatic rings. The Kier molecular flexibility index (Phi) is 6.07. The van der Waals surface area contributed by atoms with Crippen molar-refractivity contribution in [2.24, 2.45) is 10.1 Å². The maximum atomic E-state index is 14.2. The van der Waals surface area contributed by atoms with Gasteiger partial charge in [-0.3, -0.25) is 10.1 Å². The van der Waals surface area contributed by atoms with E-state index in [1.807, 2.05) is 4.90 Å². The number of rotatable bonds is 5. The van der Waals surface area contributed by atoms with E-state index in [0.29, 0.717) is 29.5 Å². The quantitative estimate of drug-likeness (QED) is 0.393. The summed E-state index contributed by atoms with van der Waals surface area (Å²) in [5.74, 6) is -2.38. The molecule has 2 atom stereocenters. The minimum absolute atomic E-state index is 0.0704. The lowest BCUT2D eigenvalue weighted by atomic mass is 9.94. The van der Waals surface area contributed by atoms with E-state index in [9.17, 15) is 13.6 Å². The Morgan fingerprint density at radius 3 is 2.93 bits per heavy atom. The van der Waals surface area contributed by atoms with Crippen LogP contribution in [0.3, 0.4) is 0 Å². The Balaban J connectivity index is 1.92. The molecule has 1 saturated heterocycles. The molecule has 2 aromatic rings. The van der Waals surface area contributed by atoms with E-state index in [1.165, 1.54) is 24.5 Å². The first kappa shape index (κ1) is 21.2. The minimum atomic E-state index is -1.19. The molecule has 2 unspecified atom stereocenters. The van der Waals surface area contributed by atoms with Crippen molar-refractivity contribution in [1.29, 1.82) is 0 Å². The number of amidine groups is 1. The van der Waals surface area contributed by atoms with Gasteiger partial charge in [0.1, 0.15) is 6.04 Å². The van der Waals surface area contributed by atoms with Crippen molar-refractivity contribution in [3.63, 3.8) is 0 Å². The highest BCUT2D eigenvalue weighted by molar-refractivity contribution is 7.95. The molecule has 12 heteroatoms. The number of nitrogens with one attached hydrogen (secondary N) is 1. The van der Waals surface area contributed by atoms with Crippen LogP contribution in [0.1, 0.15) is 23.0 Å². The summed E-state index contributed by atoms with van der Waals surface area (Å²) in [6.45, 7) is 0.497. The minimum Gasteiger partial charge on any atom is -0.466 e. The second kappa shape index (κ2) is 8.60. The summed E-state index contributed by atoms with van der Waals surface area (Å²) in [5, 5.41) is 7.56. The van der Waals surface area contributed by atoms with E-state index in [4.69, 9.17) is 26.5 Å². The van der Waals surface area contributed by atoms with Gasteiger partial charge in [-0.25, -0.2) is 23.3 Å². The number of hydrogen-bond acceptors (Lipinski definition) is 9. The lowest BCUT2D eigenvalue weighted by Gasteiger charge is -2.31. The van der Waals surface area contributed by atoms with Gasteiger partial charge in [-0.1, -0.05) is 17.7 Å². The predicted octanol–water partition coefficient (Wildman–Crippen LogP) is 3.19. The van der Waals surface area contributed by atoms with Gasteiger partial charge in [-0.15, -0.1) is 11.3 Å². The molecule has 0 saturated carbocycles. The van der Waals surface area contributed by atoms with Crippen LogP contribution >= 0.6 is 35.1 Å². The van der Waals surface area contributed by atoms with Crippen LogP contribution in [0.2, 0.25) is 5.02 Å². The lowest BCUT2D eigenvalue weighted by Crippen LogP contribution is -2.37. The number of nitrogens with two attached hydrogens (primary N) is 1. The highest BCUT2D eigenvalue weighted by Crippen LogP contribution is 2.43. The summed E-state index contributed by atoms with van der Waals surface area (Å²) in [4.78, 5) is 23.7. The molecule has 1 aromatic heterocycles. The number of aromatic nitrogens is 1. The number of benzene rings is 1. The van der Waals surface area contributed by atoms with Crippen molar-refractivity contribution < 1.29 is 18.3 Å². The topological polar surface area (TPSA) is 92.8 Å². The average Bonchev–Trinajstić information content (AvgIpc) is 3.41. The summed E-state index contributed by atoms with van der Waals surface area (Å²) < 4.78 is 36.0. The van der Waals surface area contributed by atoms with Gasteiger partial charge in [0.05, 0.1) is 17.7 Å². The number of halogens is 3. The van der Waals surface area contributed by atoms with Gasteiger partial charge >= 0.3 is 5.97 Å². The maximum absolute atomic E-state index is 14.2. The highest BCUT2D eigenvalue weighted by atomic mass is 35.5. The van der Waals surface area contributed by atoms with Gasteiger partial charge < -0.3 is 9.64 Å². The van der Waals surface area contributed by atoms with Crippen LogP contribution in [0.4, 0.5) is 8.78 Å². The second-order valence-corrected chi connectivity index (χ2v) is 8.30. The summed E-state index contributed by atoms with van der Waals surface area (Å²) in [5.41, 5.74) is 1.04. The van der Waals surface area contributed by atoms with Gasteiger partial charge in [0.25, 0.3) is 0 Å². The molecule has 3 N–H and O–H groups in total. The smallest absolute Gasteiger partial charge is 0.338 e.